The highest BCUT2D eigenvalue weighted by atomic mass is 16.1. The maximum Gasteiger partial charge on any atom is 0.260 e. The average Bonchev–Trinajstić information content (AvgIpc) is 3.05. The zero-order valence-electron chi connectivity index (χ0n) is 13.1. The molecule has 3 aromatic rings. The van der Waals surface area contributed by atoms with Crippen LogP contribution in [0.3, 0.4) is 0 Å². The Morgan fingerprint density at radius 2 is 1.91 bits per heavy atom. The number of nitrogens with one attached hydrogen (secondary N) is 1. The number of aromatic nitrogens is 2. The van der Waals surface area contributed by atoms with E-state index in [1.807, 2.05) is 24.3 Å². The second-order valence-corrected chi connectivity index (χ2v) is 6.11. The van der Waals surface area contributed by atoms with Gasteiger partial charge in [-0.05, 0) is 43.0 Å². The van der Waals surface area contributed by atoms with Gasteiger partial charge in [0.05, 0.1) is 16.9 Å². The van der Waals surface area contributed by atoms with Crippen LogP contribution < -0.4 is 10.5 Å². The zero-order valence-corrected chi connectivity index (χ0v) is 13.1. The molecule has 0 saturated carbocycles. The van der Waals surface area contributed by atoms with Crippen molar-refractivity contribution >= 4 is 16.9 Å². The second-order valence-electron chi connectivity index (χ2n) is 6.11. The lowest BCUT2D eigenvalue weighted by Gasteiger charge is -2.26. The van der Waals surface area contributed by atoms with Gasteiger partial charge >= 0.3 is 0 Å². The smallest absolute Gasteiger partial charge is 0.260 e. The van der Waals surface area contributed by atoms with Gasteiger partial charge < -0.3 is 4.90 Å². The lowest BCUT2D eigenvalue weighted by Crippen LogP contribution is -2.27. The maximum absolute atomic E-state index is 12.3. The van der Waals surface area contributed by atoms with Crippen LogP contribution in [-0.4, -0.2) is 16.5 Å². The third-order valence-corrected chi connectivity index (χ3v) is 4.67. The van der Waals surface area contributed by atoms with Gasteiger partial charge in [-0.2, -0.15) is 0 Å². The number of hydrogen-bond acceptors (Lipinski definition) is 3. The van der Waals surface area contributed by atoms with E-state index in [9.17, 15) is 4.79 Å². The molecule has 1 N–H and O–H groups in total. The molecule has 0 spiro atoms. The molecular weight excluding hydrogens is 286 g/mol. The minimum atomic E-state index is -0.0685. The minimum absolute atomic E-state index is 0.0685. The number of fused-ring (bicyclic) bond motifs is 1. The predicted octanol–water partition coefficient (Wildman–Crippen LogP) is 3.57. The van der Waals surface area contributed by atoms with Crippen LogP contribution in [0, 0.1) is 6.92 Å². The van der Waals surface area contributed by atoms with Gasteiger partial charge in [0, 0.05) is 6.54 Å². The van der Waals surface area contributed by atoms with E-state index in [0.29, 0.717) is 11.3 Å². The van der Waals surface area contributed by atoms with Gasteiger partial charge in [0.2, 0.25) is 5.95 Å². The number of nitrogens with zero attached hydrogens (tertiary/aromatic N) is 2. The number of benzene rings is 2. The Morgan fingerprint density at radius 1 is 1.13 bits per heavy atom. The number of aromatic amines is 1. The Labute approximate surface area is 134 Å². The largest absolute Gasteiger partial charge is 0.335 e. The zero-order chi connectivity index (χ0) is 15.8. The summed E-state index contributed by atoms with van der Waals surface area (Å²) in [6, 6.07) is 16.2. The van der Waals surface area contributed by atoms with Crippen molar-refractivity contribution in [1.29, 1.82) is 0 Å². The Balaban J connectivity index is 1.80. The van der Waals surface area contributed by atoms with Crippen LogP contribution in [-0.2, 0) is 0 Å². The SMILES string of the molecule is Cc1ccccc1C1CCCN1c1nc2ccccc2c(=O)[nH]1. The van der Waals surface area contributed by atoms with Crippen LogP contribution >= 0.6 is 0 Å². The number of rotatable bonds is 2. The molecule has 1 fully saturated rings. The molecule has 1 aliphatic heterocycles. The third-order valence-electron chi connectivity index (χ3n) is 4.67. The molecule has 2 aromatic carbocycles. The molecule has 1 saturated heterocycles. The van der Waals surface area contributed by atoms with E-state index in [4.69, 9.17) is 4.98 Å². The van der Waals surface area contributed by atoms with Crippen LogP contribution in [0.4, 0.5) is 5.95 Å². The molecule has 4 nitrogen and oxygen atoms in total. The van der Waals surface area contributed by atoms with Gasteiger partial charge in [-0.3, -0.25) is 9.78 Å². The van der Waals surface area contributed by atoms with E-state index in [2.05, 4.69) is 41.1 Å². The van der Waals surface area contributed by atoms with E-state index in [1.165, 1.54) is 11.1 Å². The van der Waals surface area contributed by atoms with Gasteiger partial charge in [0.25, 0.3) is 5.56 Å². The average molecular weight is 305 g/mol. The van der Waals surface area contributed by atoms with Crippen molar-refractivity contribution in [2.75, 3.05) is 11.4 Å². The van der Waals surface area contributed by atoms with Gasteiger partial charge in [0.15, 0.2) is 0 Å². The van der Waals surface area contributed by atoms with Crippen molar-refractivity contribution in [3.8, 4) is 0 Å². The summed E-state index contributed by atoms with van der Waals surface area (Å²) in [6.45, 7) is 3.06. The molecule has 116 valence electrons. The molecule has 4 rings (SSSR count). The fraction of sp³-hybridized carbons (Fsp3) is 0.263. The molecule has 1 aliphatic rings. The summed E-state index contributed by atoms with van der Waals surface area (Å²) >= 11 is 0. The van der Waals surface area contributed by atoms with Crippen LogP contribution in [0.15, 0.2) is 53.3 Å². The molecular formula is C19H19N3O. The van der Waals surface area contributed by atoms with Crippen molar-refractivity contribution in [3.05, 3.63) is 70.0 Å². The van der Waals surface area contributed by atoms with E-state index >= 15 is 0 Å². The lowest BCUT2D eigenvalue weighted by atomic mass is 9.99. The first-order chi connectivity index (χ1) is 11.2. The standard InChI is InChI=1S/C19H19N3O/c1-13-7-2-3-8-14(13)17-11-6-12-22(17)19-20-16-10-5-4-9-15(16)18(23)21-19/h2-5,7-10,17H,6,11-12H2,1H3,(H,20,21,23). The van der Waals surface area contributed by atoms with E-state index in [1.54, 1.807) is 0 Å². The number of hydrogen-bond donors (Lipinski definition) is 1. The van der Waals surface area contributed by atoms with Crippen LogP contribution in [0.1, 0.15) is 30.0 Å². The monoisotopic (exact) mass is 305 g/mol. The third kappa shape index (κ3) is 2.40. The lowest BCUT2D eigenvalue weighted by molar-refractivity contribution is 0.698. The molecule has 0 radical (unpaired) electrons. The van der Waals surface area contributed by atoms with Gasteiger partial charge in [-0.1, -0.05) is 36.4 Å². The second kappa shape index (κ2) is 5.54. The fourth-order valence-electron chi connectivity index (χ4n) is 3.51. The Kier molecular flexibility index (Phi) is 3.37. The Morgan fingerprint density at radius 3 is 2.78 bits per heavy atom. The molecule has 0 amide bonds. The summed E-state index contributed by atoms with van der Waals surface area (Å²) in [4.78, 5) is 22.2. The quantitative estimate of drug-likeness (QED) is 0.787. The molecule has 0 aliphatic carbocycles. The number of H-pyrrole nitrogens is 1. The molecule has 1 atom stereocenters. The van der Waals surface area contributed by atoms with Crippen molar-refractivity contribution < 1.29 is 0 Å². The first-order valence-corrected chi connectivity index (χ1v) is 8.05. The van der Waals surface area contributed by atoms with E-state index in [0.717, 1.165) is 24.9 Å². The summed E-state index contributed by atoms with van der Waals surface area (Å²) in [5.74, 6) is 0.680. The summed E-state index contributed by atoms with van der Waals surface area (Å²) in [7, 11) is 0. The topological polar surface area (TPSA) is 49.0 Å². The summed E-state index contributed by atoms with van der Waals surface area (Å²) < 4.78 is 0. The highest BCUT2D eigenvalue weighted by Crippen LogP contribution is 2.35. The number of para-hydroxylation sites is 1. The Hall–Kier alpha value is -2.62. The molecule has 4 heteroatoms. The molecule has 2 heterocycles. The normalized spacial score (nSPS) is 17.8. The molecule has 1 aromatic heterocycles. The van der Waals surface area contributed by atoms with Crippen molar-refractivity contribution in [2.24, 2.45) is 0 Å². The van der Waals surface area contributed by atoms with E-state index in [-0.39, 0.29) is 11.6 Å². The highest BCUT2D eigenvalue weighted by molar-refractivity contribution is 5.78. The number of anilines is 1. The van der Waals surface area contributed by atoms with Gasteiger partial charge in [-0.15, -0.1) is 0 Å². The molecule has 23 heavy (non-hydrogen) atoms. The van der Waals surface area contributed by atoms with Crippen LogP contribution in [0.5, 0.6) is 0 Å². The molecule has 1 unspecified atom stereocenters. The first kappa shape index (κ1) is 14.0. The molecule has 0 bridgehead atoms. The minimum Gasteiger partial charge on any atom is -0.335 e. The highest BCUT2D eigenvalue weighted by Gasteiger charge is 2.28. The van der Waals surface area contributed by atoms with Crippen molar-refractivity contribution in [1.82, 2.24) is 9.97 Å². The maximum atomic E-state index is 12.3. The fourth-order valence-corrected chi connectivity index (χ4v) is 3.51. The van der Waals surface area contributed by atoms with Crippen molar-refractivity contribution in [2.45, 2.75) is 25.8 Å². The summed E-state index contributed by atoms with van der Waals surface area (Å²) in [5.41, 5.74) is 3.29. The first-order valence-electron chi connectivity index (χ1n) is 8.05. The van der Waals surface area contributed by atoms with Gasteiger partial charge in [0.1, 0.15) is 0 Å². The predicted molar refractivity (Wildman–Crippen MR) is 92.9 cm³/mol. The van der Waals surface area contributed by atoms with Crippen LogP contribution in [0.2, 0.25) is 0 Å². The Bertz CT molecular complexity index is 916. The number of aryl methyl sites for hydroxylation is 1. The van der Waals surface area contributed by atoms with Crippen LogP contribution in [0.25, 0.3) is 10.9 Å². The van der Waals surface area contributed by atoms with Crippen molar-refractivity contribution in [3.63, 3.8) is 0 Å². The van der Waals surface area contributed by atoms with Gasteiger partial charge in [-0.25, -0.2) is 4.98 Å². The van der Waals surface area contributed by atoms with E-state index < -0.39 is 0 Å². The summed E-state index contributed by atoms with van der Waals surface area (Å²) in [5, 5.41) is 0.642. The summed E-state index contributed by atoms with van der Waals surface area (Å²) in [6.07, 6.45) is 2.19.